The summed E-state index contributed by atoms with van der Waals surface area (Å²) in [6.07, 6.45) is 4.47. The maximum atomic E-state index is 13.5. The SMILES string of the molecule is COCCCNC(=O)Cn1c(=O)n(-c2ccc(Cl)cc2)c(=O)c2c3c(sc21)CCCC3. The maximum absolute atomic E-state index is 13.5. The molecular formula is C22H24ClN3O4S. The first kappa shape index (κ1) is 21.8. The minimum atomic E-state index is -0.523. The number of methoxy groups -OCH3 is 1. The number of aryl methyl sites for hydroxylation is 2. The second-order valence-electron chi connectivity index (χ2n) is 7.57. The summed E-state index contributed by atoms with van der Waals surface area (Å²) in [5.74, 6) is -0.271. The summed E-state index contributed by atoms with van der Waals surface area (Å²) < 4.78 is 7.58. The zero-order valence-corrected chi connectivity index (χ0v) is 18.9. The first-order chi connectivity index (χ1) is 15.0. The van der Waals surface area contributed by atoms with E-state index in [0.717, 1.165) is 40.7 Å². The van der Waals surface area contributed by atoms with Crippen LogP contribution in [-0.4, -0.2) is 35.3 Å². The Kier molecular flexibility index (Phi) is 6.60. The van der Waals surface area contributed by atoms with Gasteiger partial charge in [0.25, 0.3) is 5.56 Å². The lowest BCUT2D eigenvalue weighted by molar-refractivity contribution is -0.121. The standard InChI is InChI=1S/C22H24ClN3O4S/c1-30-12-4-11-24-18(27)13-25-21-19(16-5-2-3-6-17(16)31-21)20(28)26(22(25)29)15-9-7-14(23)8-10-15/h7-10H,2-6,11-13H2,1H3,(H,24,27). The number of carbonyl (C=O) groups is 1. The summed E-state index contributed by atoms with van der Waals surface area (Å²) >= 11 is 7.45. The summed E-state index contributed by atoms with van der Waals surface area (Å²) in [5.41, 5.74) is 0.600. The molecule has 0 atom stereocenters. The topological polar surface area (TPSA) is 82.3 Å². The number of carbonyl (C=O) groups excluding carboxylic acids is 1. The van der Waals surface area contributed by atoms with E-state index in [9.17, 15) is 14.4 Å². The Hall–Kier alpha value is -2.42. The lowest BCUT2D eigenvalue weighted by Crippen LogP contribution is -2.41. The van der Waals surface area contributed by atoms with Crippen LogP contribution in [0.25, 0.3) is 15.9 Å². The maximum Gasteiger partial charge on any atom is 0.337 e. The average molecular weight is 462 g/mol. The van der Waals surface area contributed by atoms with E-state index in [2.05, 4.69) is 5.32 Å². The summed E-state index contributed by atoms with van der Waals surface area (Å²) in [7, 11) is 1.61. The summed E-state index contributed by atoms with van der Waals surface area (Å²) in [6.45, 7) is 0.863. The number of thiophene rings is 1. The summed E-state index contributed by atoms with van der Waals surface area (Å²) in [4.78, 5) is 41.2. The molecule has 3 aromatic rings. The number of hydrogen-bond donors (Lipinski definition) is 1. The Bertz CT molecular complexity index is 1230. The quantitative estimate of drug-likeness (QED) is 0.548. The molecule has 1 aliphatic rings. The molecule has 0 bridgehead atoms. The molecule has 1 amide bonds. The van der Waals surface area contributed by atoms with E-state index >= 15 is 0 Å². The molecule has 0 radical (unpaired) electrons. The third kappa shape index (κ3) is 4.33. The summed E-state index contributed by atoms with van der Waals surface area (Å²) in [6, 6.07) is 6.57. The largest absolute Gasteiger partial charge is 0.385 e. The van der Waals surface area contributed by atoms with Crippen molar-refractivity contribution in [2.24, 2.45) is 0 Å². The van der Waals surface area contributed by atoms with E-state index in [-0.39, 0.29) is 18.0 Å². The van der Waals surface area contributed by atoms with Gasteiger partial charge in [-0.1, -0.05) is 11.6 Å². The van der Waals surface area contributed by atoms with Crippen LogP contribution >= 0.6 is 22.9 Å². The molecule has 7 nitrogen and oxygen atoms in total. The third-order valence-corrected chi connectivity index (χ3v) is 7.04. The number of nitrogens with zero attached hydrogens (tertiary/aromatic N) is 2. The van der Waals surface area contributed by atoms with Gasteiger partial charge in [-0.25, -0.2) is 9.36 Å². The van der Waals surface area contributed by atoms with Crippen LogP contribution < -0.4 is 16.6 Å². The Morgan fingerprint density at radius 1 is 1.19 bits per heavy atom. The molecule has 0 fully saturated rings. The smallest absolute Gasteiger partial charge is 0.337 e. The lowest BCUT2D eigenvalue weighted by Gasteiger charge is -2.13. The molecule has 1 N–H and O–H groups in total. The normalized spacial score (nSPS) is 13.4. The monoisotopic (exact) mass is 461 g/mol. The number of nitrogens with one attached hydrogen (secondary N) is 1. The number of amides is 1. The second-order valence-corrected chi connectivity index (χ2v) is 9.09. The predicted octanol–water partition coefficient (Wildman–Crippen LogP) is 2.90. The number of halogens is 1. The predicted molar refractivity (Wildman–Crippen MR) is 123 cm³/mol. The van der Waals surface area contributed by atoms with E-state index in [1.807, 2.05) is 0 Å². The fraction of sp³-hybridized carbons (Fsp3) is 0.409. The minimum Gasteiger partial charge on any atom is -0.385 e. The highest BCUT2D eigenvalue weighted by Crippen LogP contribution is 2.34. The van der Waals surface area contributed by atoms with Crippen molar-refractivity contribution in [1.29, 1.82) is 0 Å². The van der Waals surface area contributed by atoms with Crippen LogP contribution in [0.5, 0.6) is 0 Å². The van der Waals surface area contributed by atoms with Crippen LogP contribution in [0.4, 0.5) is 0 Å². The van der Waals surface area contributed by atoms with E-state index in [1.165, 1.54) is 15.9 Å². The van der Waals surface area contributed by atoms with Gasteiger partial charge in [-0.3, -0.25) is 14.2 Å². The highest BCUT2D eigenvalue weighted by Gasteiger charge is 2.24. The number of rotatable bonds is 7. The summed E-state index contributed by atoms with van der Waals surface area (Å²) in [5, 5.41) is 3.89. The average Bonchev–Trinajstić information content (AvgIpc) is 3.15. The van der Waals surface area contributed by atoms with Gasteiger partial charge in [-0.05, 0) is 61.9 Å². The molecule has 0 aliphatic heterocycles. The molecule has 9 heteroatoms. The molecule has 0 saturated carbocycles. The molecule has 31 heavy (non-hydrogen) atoms. The number of hydrogen-bond acceptors (Lipinski definition) is 5. The fourth-order valence-electron chi connectivity index (χ4n) is 3.97. The van der Waals surface area contributed by atoms with Gasteiger partial charge in [0.2, 0.25) is 5.91 Å². The van der Waals surface area contributed by atoms with E-state index < -0.39 is 5.69 Å². The third-order valence-electron chi connectivity index (χ3n) is 5.47. The molecular weight excluding hydrogens is 438 g/mol. The van der Waals surface area contributed by atoms with Crippen LogP contribution in [0.2, 0.25) is 5.02 Å². The van der Waals surface area contributed by atoms with Crippen molar-refractivity contribution < 1.29 is 9.53 Å². The molecule has 1 aromatic carbocycles. The second kappa shape index (κ2) is 9.38. The molecule has 1 aliphatic carbocycles. The molecule has 164 valence electrons. The van der Waals surface area contributed by atoms with Crippen molar-refractivity contribution in [1.82, 2.24) is 14.5 Å². The highest BCUT2D eigenvalue weighted by molar-refractivity contribution is 7.18. The molecule has 2 aromatic heterocycles. The van der Waals surface area contributed by atoms with Gasteiger partial charge < -0.3 is 10.1 Å². The number of fused-ring (bicyclic) bond motifs is 3. The zero-order chi connectivity index (χ0) is 22.0. The molecule has 0 spiro atoms. The van der Waals surface area contributed by atoms with Gasteiger partial charge in [-0.2, -0.15) is 0 Å². The van der Waals surface area contributed by atoms with Crippen LogP contribution in [0.15, 0.2) is 33.9 Å². The number of ether oxygens (including phenoxy) is 1. The van der Waals surface area contributed by atoms with Gasteiger partial charge in [0, 0.05) is 30.2 Å². The van der Waals surface area contributed by atoms with Gasteiger partial charge >= 0.3 is 5.69 Å². The Morgan fingerprint density at radius 2 is 1.94 bits per heavy atom. The van der Waals surface area contributed by atoms with Gasteiger partial charge in [0.1, 0.15) is 11.4 Å². The van der Waals surface area contributed by atoms with Crippen molar-refractivity contribution in [3.05, 3.63) is 60.6 Å². The van der Waals surface area contributed by atoms with E-state index in [4.69, 9.17) is 16.3 Å². The Labute approximate surface area is 188 Å². The Balaban J connectivity index is 1.84. The van der Waals surface area contributed by atoms with Gasteiger partial charge in [-0.15, -0.1) is 11.3 Å². The van der Waals surface area contributed by atoms with Crippen molar-refractivity contribution in [3.8, 4) is 5.69 Å². The fourth-order valence-corrected chi connectivity index (χ4v) is 5.47. The van der Waals surface area contributed by atoms with Crippen molar-refractivity contribution in [2.45, 2.75) is 38.6 Å². The zero-order valence-electron chi connectivity index (χ0n) is 17.3. The van der Waals surface area contributed by atoms with Gasteiger partial charge in [0.15, 0.2) is 0 Å². The van der Waals surface area contributed by atoms with E-state index in [0.29, 0.717) is 40.5 Å². The molecule has 0 unspecified atom stereocenters. The minimum absolute atomic E-state index is 0.143. The number of benzene rings is 1. The molecule has 2 heterocycles. The van der Waals surface area contributed by atoms with Crippen LogP contribution in [0, 0.1) is 0 Å². The van der Waals surface area contributed by atoms with Crippen LogP contribution in [0.1, 0.15) is 29.7 Å². The van der Waals surface area contributed by atoms with Crippen LogP contribution in [-0.2, 0) is 28.9 Å². The van der Waals surface area contributed by atoms with Crippen LogP contribution in [0.3, 0.4) is 0 Å². The molecule has 0 saturated heterocycles. The lowest BCUT2D eigenvalue weighted by atomic mass is 9.97. The van der Waals surface area contributed by atoms with E-state index in [1.54, 1.807) is 31.4 Å². The number of aromatic nitrogens is 2. The Morgan fingerprint density at radius 3 is 2.68 bits per heavy atom. The molecule has 4 rings (SSSR count). The highest BCUT2D eigenvalue weighted by atomic mass is 35.5. The van der Waals surface area contributed by atoms with Gasteiger partial charge in [0.05, 0.1) is 11.1 Å². The first-order valence-corrected chi connectivity index (χ1v) is 11.5. The first-order valence-electron chi connectivity index (χ1n) is 10.3. The van der Waals surface area contributed by atoms with Crippen molar-refractivity contribution in [2.75, 3.05) is 20.3 Å². The van der Waals surface area contributed by atoms with Crippen molar-refractivity contribution in [3.63, 3.8) is 0 Å². The van der Waals surface area contributed by atoms with Crippen molar-refractivity contribution >= 4 is 39.1 Å².